The van der Waals surface area contributed by atoms with Crippen LogP contribution < -0.4 is 5.32 Å². The predicted molar refractivity (Wildman–Crippen MR) is 89.8 cm³/mol. The highest BCUT2D eigenvalue weighted by Gasteiger charge is 2.14. The van der Waals surface area contributed by atoms with Crippen molar-refractivity contribution in [3.8, 4) is 0 Å². The molecule has 0 aliphatic carbocycles. The minimum absolute atomic E-state index is 0.329. The van der Waals surface area contributed by atoms with Crippen LogP contribution >= 0.6 is 11.3 Å². The van der Waals surface area contributed by atoms with E-state index >= 15 is 0 Å². The molecule has 1 atom stereocenters. The third-order valence-electron chi connectivity index (χ3n) is 3.71. The van der Waals surface area contributed by atoms with Crippen LogP contribution in [0.25, 0.3) is 10.1 Å². The third kappa shape index (κ3) is 2.44. The van der Waals surface area contributed by atoms with Gasteiger partial charge in [0.05, 0.1) is 6.04 Å². The third-order valence-corrected chi connectivity index (χ3v) is 5.16. The highest BCUT2D eigenvalue weighted by Crippen LogP contribution is 2.35. The molecule has 3 rings (SSSR count). The Bertz CT molecular complexity index is 725. The van der Waals surface area contributed by atoms with Crippen molar-refractivity contribution in [2.24, 2.45) is 0 Å². The van der Waals surface area contributed by atoms with Gasteiger partial charge in [-0.15, -0.1) is 11.3 Å². The van der Waals surface area contributed by atoms with Gasteiger partial charge in [0.25, 0.3) is 0 Å². The van der Waals surface area contributed by atoms with E-state index in [1.54, 1.807) is 0 Å². The largest absolute Gasteiger partial charge is 0.378 e. The average Bonchev–Trinajstić information content (AvgIpc) is 2.79. The highest BCUT2D eigenvalue weighted by atomic mass is 32.1. The molecule has 0 aliphatic heterocycles. The fourth-order valence-corrected chi connectivity index (χ4v) is 3.79. The minimum atomic E-state index is 0.329. The number of nitrogens with one attached hydrogen (secondary N) is 1. The van der Waals surface area contributed by atoms with Gasteiger partial charge in [-0.25, -0.2) is 0 Å². The molecule has 2 heteroatoms. The van der Waals surface area contributed by atoms with Crippen molar-refractivity contribution < 1.29 is 0 Å². The first-order valence-electron chi connectivity index (χ1n) is 6.96. The Kier molecular flexibility index (Phi) is 3.49. The molecule has 102 valence electrons. The highest BCUT2D eigenvalue weighted by molar-refractivity contribution is 7.19. The fraction of sp³-hybridized carbons (Fsp3) is 0.222. The summed E-state index contributed by atoms with van der Waals surface area (Å²) in [6.07, 6.45) is 0. The summed E-state index contributed by atoms with van der Waals surface area (Å²) in [7, 11) is 0. The Balaban J connectivity index is 1.90. The molecule has 0 aliphatic rings. The number of thiophene rings is 1. The van der Waals surface area contributed by atoms with Crippen molar-refractivity contribution >= 4 is 27.1 Å². The van der Waals surface area contributed by atoms with Crippen LogP contribution in [0.1, 0.15) is 29.0 Å². The molecule has 1 N–H and O–H groups in total. The first-order chi connectivity index (χ1) is 9.65. The van der Waals surface area contributed by atoms with Crippen LogP contribution in [0.3, 0.4) is 0 Å². The zero-order valence-corrected chi connectivity index (χ0v) is 12.9. The van der Waals surface area contributed by atoms with Gasteiger partial charge in [0, 0.05) is 15.3 Å². The molecule has 0 saturated carbocycles. The second-order valence-corrected chi connectivity index (χ2v) is 6.40. The molecule has 1 aromatic heterocycles. The first-order valence-corrected chi connectivity index (χ1v) is 7.78. The van der Waals surface area contributed by atoms with Gasteiger partial charge in [0.1, 0.15) is 0 Å². The SMILES string of the molecule is Cc1ccc(NC(C)c2sc3ccccc3c2C)cc1. The molecule has 0 spiro atoms. The van der Waals surface area contributed by atoms with Crippen LogP contribution in [0.4, 0.5) is 5.69 Å². The molecule has 0 fully saturated rings. The maximum atomic E-state index is 3.60. The lowest BCUT2D eigenvalue weighted by Gasteiger charge is -2.15. The summed E-state index contributed by atoms with van der Waals surface area (Å²) >= 11 is 1.89. The lowest BCUT2D eigenvalue weighted by molar-refractivity contribution is 0.900. The second kappa shape index (κ2) is 5.29. The van der Waals surface area contributed by atoms with E-state index in [1.807, 2.05) is 11.3 Å². The van der Waals surface area contributed by atoms with Crippen molar-refractivity contribution in [1.29, 1.82) is 0 Å². The van der Waals surface area contributed by atoms with Crippen molar-refractivity contribution in [2.75, 3.05) is 5.32 Å². The van der Waals surface area contributed by atoms with Crippen LogP contribution in [-0.4, -0.2) is 0 Å². The summed E-state index contributed by atoms with van der Waals surface area (Å²) in [6.45, 7) is 6.57. The van der Waals surface area contributed by atoms with Gasteiger partial charge in [0.15, 0.2) is 0 Å². The van der Waals surface area contributed by atoms with E-state index < -0.39 is 0 Å². The minimum Gasteiger partial charge on any atom is -0.378 e. The molecule has 0 bridgehead atoms. The summed E-state index contributed by atoms with van der Waals surface area (Å²) in [5.41, 5.74) is 3.87. The molecule has 20 heavy (non-hydrogen) atoms. The summed E-state index contributed by atoms with van der Waals surface area (Å²) < 4.78 is 1.37. The van der Waals surface area contributed by atoms with E-state index in [2.05, 4.69) is 74.6 Å². The predicted octanol–water partition coefficient (Wildman–Crippen LogP) is 5.69. The Morgan fingerprint density at radius 1 is 0.950 bits per heavy atom. The molecule has 1 nitrogen and oxygen atoms in total. The lowest BCUT2D eigenvalue weighted by atomic mass is 10.1. The zero-order chi connectivity index (χ0) is 14.1. The van der Waals surface area contributed by atoms with Gasteiger partial charge in [-0.2, -0.15) is 0 Å². The van der Waals surface area contributed by atoms with E-state index in [9.17, 15) is 0 Å². The molecular weight excluding hydrogens is 262 g/mol. The zero-order valence-electron chi connectivity index (χ0n) is 12.1. The number of hydrogen-bond donors (Lipinski definition) is 1. The number of aryl methyl sites for hydroxylation is 2. The second-order valence-electron chi connectivity index (χ2n) is 5.32. The van der Waals surface area contributed by atoms with E-state index in [0.29, 0.717) is 6.04 Å². The van der Waals surface area contributed by atoms with Crippen molar-refractivity contribution in [3.05, 3.63) is 64.5 Å². The van der Waals surface area contributed by atoms with E-state index in [0.717, 1.165) is 0 Å². The fourth-order valence-electron chi connectivity index (χ4n) is 2.57. The van der Waals surface area contributed by atoms with Crippen LogP contribution in [-0.2, 0) is 0 Å². The smallest absolute Gasteiger partial charge is 0.0581 e. The molecule has 0 radical (unpaired) electrons. The maximum absolute atomic E-state index is 3.60. The van der Waals surface area contributed by atoms with Gasteiger partial charge >= 0.3 is 0 Å². The van der Waals surface area contributed by atoms with Gasteiger partial charge in [0.2, 0.25) is 0 Å². The van der Waals surface area contributed by atoms with Gasteiger partial charge in [-0.1, -0.05) is 35.9 Å². The van der Waals surface area contributed by atoms with Crippen LogP contribution in [0.2, 0.25) is 0 Å². The Labute approximate surface area is 124 Å². The van der Waals surface area contributed by atoms with Crippen molar-refractivity contribution in [2.45, 2.75) is 26.8 Å². The Morgan fingerprint density at radius 3 is 2.35 bits per heavy atom. The quantitative estimate of drug-likeness (QED) is 0.650. The number of anilines is 1. The molecule has 0 saturated heterocycles. The summed E-state index contributed by atoms with van der Waals surface area (Å²) in [4.78, 5) is 1.42. The summed E-state index contributed by atoms with van der Waals surface area (Å²) in [5, 5.41) is 4.98. The van der Waals surface area contributed by atoms with Gasteiger partial charge < -0.3 is 5.32 Å². The van der Waals surface area contributed by atoms with Crippen molar-refractivity contribution in [3.63, 3.8) is 0 Å². The summed E-state index contributed by atoms with van der Waals surface area (Å²) in [6, 6.07) is 17.6. The molecule has 2 aromatic carbocycles. The molecule has 1 unspecified atom stereocenters. The number of rotatable bonds is 3. The molecule has 1 heterocycles. The maximum Gasteiger partial charge on any atom is 0.0581 e. The van der Waals surface area contributed by atoms with Gasteiger partial charge in [-0.05, 0) is 49.9 Å². The standard InChI is InChI=1S/C18H19NS/c1-12-8-10-15(11-9-12)19-14(3)18-13(2)16-6-4-5-7-17(16)20-18/h4-11,14,19H,1-3H3. The number of fused-ring (bicyclic) bond motifs is 1. The topological polar surface area (TPSA) is 12.0 Å². The molecular formula is C18H19NS. The average molecular weight is 281 g/mol. The summed E-state index contributed by atoms with van der Waals surface area (Å²) in [5.74, 6) is 0. The van der Waals surface area contributed by atoms with Crippen LogP contribution in [0, 0.1) is 13.8 Å². The van der Waals surface area contributed by atoms with Crippen LogP contribution in [0.5, 0.6) is 0 Å². The lowest BCUT2D eigenvalue weighted by Crippen LogP contribution is -2.05. The number of hydrogen-bond acceptors (Lipinski definition) is 2. The first kappa shape index (κ1) is 13.2. The van der Waals surface area contributed by atoms with E-state index in [4.69, 9.17) is 0 Å². The normalized spacial score (nSPS) is 12.6. The monoisotopic (exact) mass is 281 g/mol. The van der Waals surface area contributed by atoms with Crippen molar-refractivity contribution in [1.82, 2.24) is 0 Å². The van der Waals surface area contributed by atoms with E-state index in [-0.39, 0.29) is 0 Å². The molecule has 0 amide bonds. The van der Waals surface area contributed by atoms with Gasteiger partial charge in [-0.3, -0.25) is 0 Å². The Morgan fingerprint density at radius 2 is 1.65 bits per heavy atom. The molecule has 3 aromatic rings. The van der Waals surface area contributed by atoms with E-state index in [1.165, 1.54) is 31.8 Å². The number of benzene rings is 2. The van der Waals surface area contributed by atoms with Crippen LogP contribution in [0.15, 0.2) is 48.5 Å². The Hall–Kier alpha value is -1.80.